The van der Waals surface area contributed by atoms with E-state index >= 15 is 0 Å². The Hall–Kier alpha value is -2.03. The van der Waals surface area contributed by atoms with Crippen LogP contribution in [-0.4, -0.2) is 49.7 Å². The molecule has 1 aromatic heterocycles. The van der Waals surface area contributed by atoms with Gasteiger partial charge in [-0.15, -0.1) is 0 Å². The number of alkyl halides is 4. The maximum Gasteiger partial charge on any atom is 0.291 e. The van der Waals surface area contributed by atoms with Gasteiger partial charge in [-0.1, -0.05) is 0 Å². The molecule has 128 valence electrons. The normalized spacial score (nSPS) is 22.8. The van der Waals surface area contributed by atoms with Crippen LogP contribution in [0.1, 0.15) is 6.42 Å². The molecule has 0 fully saturated rings. The molecule has 0 saturated heterocycles. The number of hydrogen-bond donors (Lipinski definition) is 1. The standard InChI is InChI=1S/C14H17F4N3O2/c1-22-11-10(7-9(16)8-15)14(23-2,12(17)18)20-13(19-11)21-5-3-4-6-21/h3-6,9,12H,7-8H2,1-2H3,(H,19,20). The van der Waals surface area contributed by atoms with Crippen LogP contribution in [0.4, 0.5) is 17.6 Å². The van der Waals surface area contributed by atoms with Gasteiger partial charge in [0.2, 0.25) is 5.96 Å². The van der Waals surface area contributed by atoms with Gasteiger partial charge in [-0.05, 0) is 12.1 Å². The van der Waals surface area contributed by atoms with Crippen molar-refractivity contribution in [3.63, 3.8) is 0 Å². The van der Waals surface area contributed by atoms with Crippen molar-refractivity contribution in [2.75, 3.05) is 20.9 Å². The number of aromatic nitrogens is 1. The van der Waals surface area contributed by atoms with Gasteiger partial charge in [-0.2, -0.15) is 0 Å². The zero-order valence-corrected chi connectivity index (χ0v) is 12.6. The lowest BCUT2D eigenvalue weighted by Gasteiger charge is -2.36. The smallest absolute Gasteiger partial charge is 0.291 e. The number of ether oxygens (including phenoxy) is 2. The quantitative estimate of drug-likeness (QED) is 0.813. The first-order valence-corrected chi connectivity index (χ1v) is 6.79. The lowest BCUT2D eigenvalue weighted by molar-refractivity contribution is -0.0978. The Kier molecular flexibility index (Phi) is 5.30. The largest absolute Gasteiger partial charge is 0.482 e. The third kappa shape index (κ3) is 3.19. The summed E-state index contributed by atoms with van der Waals surface area (Å²) in [6, 6.07) is 3.35. The van der Waals surface area contributed by atoms with Gasteiger partial charge in [0.05, 0.1) is 12.7 Å². The molecule has 1 aliphatic rings. The summed E-state index contributed by atoms with van der Waals surface area (Å²) < 4.78 is 64.9. The van der Waals surface area contributed by atoms with Crippen molar-refractivity contribution in [1.29, 1.82) is 0 Å². The SMILES string of the molecule is COC1=C(CC(F)CF)C(OC)(C(F)F)N=C(n2cccc2)N1. The number of methoxy groups -OCH3 is 2. The molecule has 1 aromatic rings. The van der Waals surface area contributed by atoms with Gasteiger partial charge in [0, 0.05) is 25.9 Å². The van der Waals surface area contributed by atoms with Crippen LogP contribution < -0.4 is 5.32 Å². The molecule has 2 atom stereocenters. The molecule has 1 N–H and O–H groups in total. The van der Waals surface area contributed by atoms with E-state index in [2.05, 4.69) is 10.3 Å². The Morgan fingerprint density at radius 1 is 1.26 bits per heavy atom. The summed E-state index contributed by atoms with van der Waals surface area (Å²) in [5.74, 6) is -0.115. The second-order valence-electron chi connectivity index (χ2n) is 4.82. The van der Waals surface area contributed by atoms with Crippen LogP contribution in [0.25, 0.3) is 0 Å². The predicted octanol–water partition coefficient (Wildman–Crippen LogP) is 2.46. The molecule has 2 rings (SSSR count). The van der Waals surface area contributed by atoms with Crippen molar-refractivity contribution < 1.29 is 27.0 Å². The van der Waals surface area contributed by atoms with E-state index in [4.69, 9.17) is 9.47 Å². The van der Waals surface area contributed by atoms with Gasteiger partial charge in [-0.3, -0.25) is 9.88 Å². The van der Waals surface area contributed by atoms with Gasteiger partial charge < -0.3 is 9.47 Å². The van der Waals surface area contributed by atoms with Crippen LogP contribution in [0.2, 0.25) is 0 Å². The minimum Gasteiger partial charge on any atom is -0.482 e. The Balaban J connectivity index is 2.53. The van der Waals surface area contributed by atoms with Crippen LogP contribution >= 0.6 is 0 Å². The zero-order valence-electron chi connectivity index (χ0n) is 12.6. The molecule has 0 aromatic carbocycles. The first-order chi connectivity index (χ1) is 11.0. The molecule has 23 heavy (non-hydrogen) atoms. The van der Waals surface area contributed by atoms with Crippen molar-refractivity contribution in [3.8, 4) is 0 Å². The minimum absolute atomic E-state index is 0.0217. The van der Waals surface area contributed by atoms with E-state index in [-0.39, 0.29) is 17.4 Å². The molecular formula is C14H17F4N3O2. The van der Waals surface area contributed by atoms with Crippen molar-refractivity contribution in [2.24, 2.45) is 4.99 Å². The van der Waals surface area contributed by atoms with Gasteiger partial charge in [0.25, 0.3) is 12.2 Å². The molecule has 1 aliphatic heterocycles. The third-order valence-corrected chi connectivity index (χ3v) is 3.46. The van der Waals surface area contributed by atoms with Crippen molar-refractivity contribution in [2.45, 2.75) is 24.7 Å². The van der Waals surface area contributed by atoms with Crippen LogP contribution in [0.3, 0.4) is 0 Å². The Morgan fingerprint density at radius 2 is 1.91 bits per heavy atom. The monoisotopic (exact) mass is 335 g/mol. The summed E-state index contributed by atoms with van der Waals surface area (Å²) in [7, 11) is 2.26. The molecule has 0 aliphatic carbocycles. The van der Waals surface area contributed by atoms with Crippen molar-refractivity contribution >= 4 is 5.96 Å². The molecule has 9 heteroatoms. The van der Waals surface area contributed by atoms with E-state index in [0.717, 1.165) is 7.11 Å². The number of nitrogens with zero attached hydrogens (tertiary/aromatic N) is 2. The Labute approximate surface area is 130 Å². The molecule has 5 nitrogen and oxygen atoms in total. The molecule has 0 amide bonds. The fourth-order valence-corrected chi connectivity index (χ4v) is 2.32. The molecule has 0 saturated carbocycles. The number of nitrogens with one attached hydrogen (secondary N) is 1. The topological polar surface area (TPSA) is 47.8 Å². The molecule has 0 spiro atoms. The summed E-state index contributed by atoms with van der Waals surface area (Å²) in [6.07, 6.45) is -2.54. The van der Waals surface area contributed by atoms with Crippen molar-refractivity contribution in [3.05, 3.63) is 36.0 Å². The highest BCUT2D eigenvalue weighted by Gasteiger charge is 2.50. The van der Waals surface area contributed by atoms with Crippen molar-refractivity contribution in [1.82, 2.24) is 9.88 Å². The fraction of sp³-hybridized carbons (Fsp3) is 0.500. The Bertz CT molecular complexity index is 589. The van der Waals surface area contributed by atoms with E-state index in [0.29, 0.717) is 0 Å². The van der Waals surface area contributed by atoms with Gasteiger partial charge >= 0.3 is 0 Å². The lowest BCUT2D eigenvalue weighted by Crippen LogP contribution is -2.50. The second-order valence-corrected chi connectivity index (χ2v) is 4.82. The van der Waals surface area contributed by atoms with Crippen LogP contribution in [0.5, 0.6) is 0 Å². The average molecular weight is 335 g/mol. The zero-order chi connectivity index (χ0) is 17.0. The summed E-state index contributed by atoms with van der Waals surface area (Å²) in [5.41, 5.74) is -2.73. The maximum atomic E-state index is 13.7. The number of halogens is 4. The highest BCUT2D eigenvalue weighted by atomic mass is 19.3. The molecule has 2 heterocycles. The highest BCUT2D eigenvalue weighted by molar-refractivity contribution is 5.85. The summed E-state index contributed by atoms with van der Waals surface area (Å²) >= 11 is 0. The first kappa shape index (κ1) is 17.3. The second kappa shape index (κ2) is 7.03. The van der Waals surface area contributed by atoms with E-state index in [9.17, 15) is 17.6 Å². The first-order valence-electron chi connectivity index (χ1n) is 6.79. The van der Waals surface area contributed by atoms with E-state index in [1.807, 2.05) is 0 Å². The Morgan fingerprint density at radius 3 is 2.39 bits per heavy atom. The molecular weight excluding hydrogens is 318 g/mol. The molecule has 0 radical (unpaired) electrons. The summed E-state index contributed by atoms with van der Waals surface area (Å²) in [6.45, 7) is -1.31. The maximum absolute atomic E-state index is 13.7. The van der Waals surface area contributed by atoms with Crippen LogP contribution in [0.15, 0.2) is 41.0 Å². The lowest BCUT2D eigenvalue weighted by atomic mass is 9.97. The van der Waals surface area contributed by atoms with Crippen LogP contribution in [-0.2, 0) is 9.47 Å². The molecule has 2 unspecified atom stereocenters. The highest BCUT2D eigenvalue weighted by Crippen LogP contribution is 2.37. The van der Waals surface area contributed by atoms with E-state index < -0.39 is 31.4 Å². The minimum atomic E-state index is -3.10. The number of aliphatic imine (C=N–C) groups is 1. The molecule has 0 bridgehead atoms. The number of rotatable bonds is 6. The average Bonchev–Trinajstić information content (AvgIpc) is 3.08. The van der Waals surface area contributed by atoms with E-state index in [1.54, 1.807) is 24.5 Å². The third-order valence-electron chi connectivity index (χ3n) is 3.46. The summed E-state index contributed by atoms with van der Waals surface area (Å²) in [5, 5.41) is 2.70. The van der Waals surface area contributed by atoms with Crippen LogP contribution in [0, 0.1) is 0 Å². The van der Waals surface area contributed by atoms with Gasteiger partial charge in [0.15, 0.2) is 5.88 Å². The van der Waals surface area contributed by atoms with E-state index in [1.165, 1.54) is 11.7 Å². The van der Waals surface area contributed by atoms with Gasteiger partial charge in [0.1, 0.15) is 12.8 Å². The van der Waals surface area contributed by atoms with Gasteiger partial charge in [-0.25, -0.2) is 22.6 Å². The predicted molar refractivity (Wildman–Crippen MR) is 75.7 cm³/mol. The number of hydrogen-bond acceptors (Lipinski definition) is 4. The fourth-order valence-electron chi connectivity index (χ4n) is 2.32. The summed E-state index contributed by atoms with van der Waals surface area (Å²) in [4.78, 5) is 3.91.